The van der Waals surface area contributed by atoms with Crippen molar-refractivity contribution in [2.45, 2.75) is 26.2 Å². The van der Waals surface area contributed by atoms with Crippen LogP contribution in [0.15, 0.2) is 54.6 Å². The van der Waals surface area contributed by atoms with Crippen LogP contribution in [-0.4, -0.2) is 29.0 Å². The highest BCUT2D eigenvalue weighted by atomic mass is 35.5. The number of aromatic nitrogens is 2. The highest BCUT2D eigenvalue weighted by Gasteiger charge is 2.15. The van der Waals surface area contributed by atoms with Crippen LogP contribution in [0.2, 0.25) is 5.02 Å². The van der Waals surface area contributed by atoms with E-state index in [4.69, 9.17) is 11.6 Å². The molecule has 2 N–H and O–H groups in total. The van der Waals surface area contributed by atoms with Gasteiger partial charge in [0.1, 0.15) is 17.5 Å². The Labute approximate surface area is 181 Å². The number of carbonyl (C=O) groups is 1. The summed E-state index contributed by atoms with van der Waals surface area (Å²) in [6, 6.07) is 16.9. The monoisotopic (exact) mass is 421 g/mol. The molecular formula is C23H24ClN5O. The first-order valence-corrected chi connectivity index (χ1v) is 10.4. The zero-order chi connectivity index (χ0) is 20.9. The zero-order valence-corrected chi connectivity index (χ0v) is 17.6. The van der Waals surface area contributed by atoms with Crippen LogP contribution in [-0.2, 0) is 11.2 Å². The summed E-state index contributed by atoms with van der Waals surface area (Å²) >= 11 is 5.88. The van der Waals surface area contributed by atoms with Crippen molar-refractivity contribution in [1.29, 1.82) is 0 Å². The van der Waals surface area contributed by atoms with Crippen molar-refractivity contribution in [3.63, 3.8) is 0 Å². The Balaban J connectivity index is 1.37. The van der Waals surface area contributed by atoms with Crippen LogP contribution >= 0.6 is 11.6 Å². The molecule has 0 bridgehead atoms. The second-order valence-corrected chi connectivity index (χ2v) is 7.84. The standard InChI is InChI=1S/C23H24ClN5O/c1-16-25-21(15-22(26-16)29-12-2-3-13-29)27-19-8-10-20(11-9-19)28-23(30)14-17-4-6-18(24)7-5-17/h4-11,15H,2-3,12-14H2,1H3,(H,28,30)(H,25,26,27). The average Bonchev–Trinajstić information content (AvgIpc) is 3.26. The van der Waals surface area contributed by atoms with Crippen LogP contribution in [0.25, 0.3) is 0 Å². The molecule has 4 rings (SSSR count). The van der Waals surface area contributed by atoms with Gasteiger partial charge >= 0.3 is 0 Å². The summed E-state index contributed by atoms with van der Waals surface area (Å²) in [7, 11) is 0. The maximum atomic E-state index is 12.3. The van der Waals surface area contributed by atoms with Gasteiger partial charge in [-0.15, -0.1) is 0 Å². The summed E-state index contributed by atoms with van der Waals surface area (Å²) in [6.07, 6.45) is 2.71. The van der Waals surface area contributed by atoms with Gasteiger partial charge in [0.15, 0.2) is 0 Å². The number of anilines is 4. The molecule has 0 unspecified atom stereocenters. The summed E-state index contributed by atoms with van der Waals surface area (Å²) in [5.41, 5.74) is 2.57. The van der Waals surface area contributed by atoms with Crippen molar-refractivity contribution in [1.82, 2.24) is 9.97 Å². The number of nitrogens with one attached hydrogen (secondary N) is 2. The molecule has 1 aliphatic rings. The highest BCUT2D eigenvalue weighted by Crippen LogP contribution is 2.23. The summed E-state index contributed by atoms with van der Waals surface area (Å²) in [4.78, 5) is 23.6. The van der Waals surface area contributed by atoms with Crippen LogP contribution in [0.5, 0.6) is 0 Å². The first kappa shape index (κ1) is 20.2. The number of benzene rings is 2. The fourth-order valence-corrected chi connectivity index (χ4v) is 3.63. The molecule has 7 heteroatoms. The summed E-state index contributed by atoms with van der Waals surface area (Å²) < 4.78 is 0. The van der Waals surface area contributed by atoms with Gasteiger partial charge in [0.2, 0.25) is 5.91 Å². The van der Waals surface area contributed by atoms with Gasteiger partial charge in [0.05, 0.1) is 6.42 Å². The first-order valence-electron chi connectivity index (χ1n) is 10.1. The van der Waals surface area contributed by atoms with E-state index in [2.05, 4.69) is 25.5 Å². The largest absolute Gasteiger partial charge is 0.356 e. The van der Waals surface area contributed by atoms with Gasteiger partial charge in [-0.1, -0.05) is 23.7 Å². The molecule has 0 spiro atoms. The normalized spacial score (nSPS) is 13.3. The Kier molecular flexibility index (Phi) is 6.14. The van der Waals surface area contributed by atoms with Gasteiger partial charge in [0.25, 0.3) is 0 Å². The van der Waals surface area contributed by atoms with Gasteiger partial charge in [-0.05, 0) is 61.7 Å². The van der Waals surface area contributed by atoms with E-state index in [0.29, 0.717) is 11.4 Å². The van der Waals surface area contributed by atoms with Crippen molar-refractivity contribution in [2.24, 2.45) is 0 Å². The lowest BCUT2D eigenvalue weighted by Gasteiger charge is -2.18. The molecule has 0 saturated carbocycles. The van der Waals surface area contributed by atoms with Crippen LogP contribution in [0.4, 0.5) is 23.0 Å². The molecule has 1 amide bonds. The van der Waals surface area contributed by atoms with E-state index in [0.717, 1.165) is 47.5 Å². The lowest BCUT2D eigenvalue weighted by atomic mass is 10.1. The molecular weight excluding hydrogens is 398 g/mol. The quantitative estimate of drug-likeness (QED) is 0.588. The Morgan fingerprint density at radius 2 is 1.67 bits per heavy atom. The molecule has 0 radical (unpaired) electrons. The molecule has 2 heterocycles. The SMILES string of the molecule is Cc1nc(Nc2ccc(NC(=O)Cc3ccc(Cl)cc3)cc2)cc(N2CCCC2)n1. The van der Waals surface area contributed by atoms with Gasteiger partial charge < -0.3 is 15.5 Å². The number of hydrogen-bond donors (Lipinski definition) is 2. The third-order valence-corrected chi connectivity index (χ3v) is 5.23. The van der Waals surface area contributed by atoms with E-state index in [1.165, 1.54) is 12.8 Å². The minimum Gasteiger partial charge on any atom is -0.356 e. The molecule has 30 heavy (non-hydrogen) atoms. The van der Waals surface area contributed by atoms with Crippen LogP contribution in [0.3, 0.4) is 0 Å². The molecule has 0 atom stereocenters. The van der Waals surface area contributed by atoms with E-state index >= 15 is 0 Å². The maximum absolute atomic E-state index is 12.3. The maximum Gasteiger partial charge on any atom is 0.228 e. The Morgan fingerprint density at radius 3 is 2.37 bits per heavy atom. The second-order valence-electron chi connectivity index (χ2n) is 7.41. The number of hydrogen-bond acceptors (Lipinski definition) is 5. The lowest BCUT2D eigenvalue weighted by Crippen LogP contribution is -2.19. The molecule has 1 saturated heterocycles. The number of rotatable bonds is 6. The molecule has 154 valence electrons. The summed E-state index contributed by atoms with van der Waals surface area (Å²) in [5, 5.41) is 6.91. The van der Waals surface area contributed by atoms with Crippen molar-refractivity contribution >= 4 is 40.5 Å². The van der Waals surface area contributed by atoms with E-state index in [1.54, 1.807) is 12.1 Å². The molecule has 1 aliphatic heterocycles. The third kappa shape index (κ3) is 5.27. The topological polar surface area (TPSA) is 70.2 Å². The Morgan fingerprint density at radius 1 is 1.00 bits per heavy atom. The molecule has 0 aliphatic carbocycles. The Hall–Kier alpha value is -3.12. The van der Waals surface area contributed by atoms with Crippen molar-refractivity contribution in [2.75, 3.05) is 28.6 Å². The summed E-state index contributed by atoms with van der Waals surface area (Å²) in [5.74, 6) is 2.41. The van der Waals surface area contributed by atoms with E-state index < -0.39 is 0 Å². The Bertz CT molecular complexity index is 1010. The smallest absolute Gasteiger partial charge is 0.228 e. The number of aryl methyl sites for hydroxylation is 1. The van der Waals surface area contributed by atoms with E-state index in [-0.39, 0.29) is 5.91 Å². The minimum absolute atomic E-state index is 0.0697. The van der Waals surface area contributed by atoms with Gasteiger partial charge in [0, 0.05) is 35.6 Å². The first-order chi connectivity index (χ1) is 14.5. The van der Waals surface area contributed by atoms with Gasteiger partial charge in [-0.2, -0.15) is 0 Å². The molecule has 1 aromatic heterocycles. The highest BCUT2D eigenvalue weighted by molar-refractivity contribution is 6.30. The predicted molar refractivity (Wildman–Crippen MR) is 122 cm³/mol. The predicted octanol–water partition coefficient (Wildman–Crippen LogP) is 4.96. The number of amides is 1. The second kappa shape index (κ2) is 9.13. The van der Waals surface area contributed by atoms with Gasteiger partial charge in [-0.25, -0.2) is 9.97 Å². The summed E-state index contributed by atoms with van der Waals surface area (Å²) in [6.45, 7) is 3.99. The zero-order valence-electron chi connectivity index (χ0n) is 16.9. The van der Waals surface area contributed by atoms with Crippen LogP contribution in [0, 0.1) is 6.92 Å². The average molecular weight is 422 g/mol. The van der Waals surface area contributed by atoms with Crippen molar-refractivity contribution < 1.29 is 4.79 Å². The minimum atomic E-state index is -0.0697. The molecule has 2 aromatic carbocycles. The van der Waals surface area contributed by atoms with E-state index in [1.807, 2.05) is 49.4 Å². The molecule has 6 nitrogen and oxygen atoms in total. The van der Waals surface area contributed by atoms with Crippen LogP contribution in [0.1, 0.15) is 24.2 Å². The van der Waals surface area contributed by atoms with Crippen molar-refractivity contribution in [3.05, 3.63) is 71.0 Å². The molecule has 1 fully saturated rings. The number of halogens is 1. The lowest BCUT2D eigenvalue weighted by molar-refractivity contribution is -0.115. The van der Waals surface area contributed by atoms with Gasteiger partial charge in [-0.3, -0.25) is 4.79 Å². The van der Waals surface area contributed by atoms with Crippen molar-refractivity contribution in [3.8, 4) is 0 Å². The van der Waals surface area contributed by atoms with E-state index in [9.17, 15) is 4.79 Å². The fourth-order valence-electron chi connectivity index (χ4n) is 3.50. The van der Waals surface area contributed by atoms with Crippen LogP contribution < -0.4 is 15.5 Å². The number of nitrogens with zero attached hydrogens (tertiary/aromatic N) is 3. The fraction of sp³-hybridized carbons (Fsp3) is 0.261. The third-order valence-electron chi connectivity index (χ3n) is 4.97. The molecule has 3 aromatic rings. The number of carbonyl (C=O) groups excluding carboxylic acids is 1.